The Bertz CT molecular complexity index is 1550. The van der Waals surface area contributed by atoms with Crippen molar-refractivity contribution in [3.63, 3.8) is 0 Å². The molecule has 4 aromatic rings. The third kappa shape index (κ3) is 4.16. The zero-order chi connectivity index (χ0) is 25.6. The standard InChI is InChI=1S/C23H19F3N8O2/c1-32-11-15(10-28-32)16-12-34(7-8-36-16)22-30-17(14-5-3-13(9-27)4-6-14)18-19(31-22)20(35)33(2)21(29-18)23(24,25)26/h3-6,10-11,16H,7-8,12H2,1-2H3/t16-/m0/s1. The highest BCUT2D eigenvalue weighted by atomic mass is 19.4. The Labute approximate surface area is 202 Å². The number of ether oxygens (including phenoxy) is 1. The topological polar surface area (TPSA) is 115 Å². The van der Waals surface area contributed by atoms with E-state index in [1.54, 1.807) is 30.1 Å². The Morgan fingerprint density at radius 2 is 1.86 bits per heavy atom. The Kier molecular flexibility index (Phi) is 5.68. The first-order valence-corrected chi connectivity index (χ1v) is 10.9. The van der Waals surface area contributed by atoms with Gasteiger partial charge in [0, 0.05) is 38.0 Å². The molecular weight excluding hydrogens is 477 g/mol. The smallest absolute Gasteiger partial charge is 0.370 e. The maximum atomic E-state index is 13.6. The summed E-state index contributed by atoms with van der Waals surface area (Å²) >= 11 is 0. The normalized spacial score (nSPS) is 16.3. The second-order valence-electron chi connectivity index (χ2n) is 8.31. The lowest BCUT2D eigenvalue weighted by molar-refractivity contribution is -0.147. The molecule has 0 N–H and O–H groups in total. The Balaban J connectivity index is 1.69. The summed E-state index contributed by atoms with van der Waals surface area (Å²) in [5.41, 5.74) is 0.228. The zero-order valence-corrected chi connectivity index (χ0v) is 19.2. The first-order valence-electron chi connectivity index (χ1n) is 10.9. The Morgan fingerprint density at radius 1 is 1.11 bits per heavy atom. The van der Waals surface area contributed by atoms with Crippen molar-refractivity contribution in [2.75, 3.05) is 24.6 Å². The van der Waals surface area contributed by atoms with E-state index < -0.39 is 17.6 Å². The van der Waals surface area contributed by atoms with E-state index in [-0.39, 0.29) is 28.8 Å². The lowest BCUT2D eigenvalue weighted by Gasteiger charge is -2.32. The number of fused-ring (bicyclic) bond motifs is 1. The van der Waals surface area contributed by atoms with E-state index in [4.69, 9.17) is 10.00 Å². The summed E-state index contributed by atoms with van der Waals surface area (Å²) < 4.78 is 48.9. The molecule has 0 unspecified atom stereocenters. The van der Waals surface area contributed by atoms with Crippen LogP contribution in [0.25, 0.3) is 22.3 Å². The van der Waals surface area contributed by atoms with Gasteiger partial charge in [0.1, 0.15) is 17.3 Å². The molecular formula is C23H19F3N8O2. The number of rotatable bonds is 3. The van der Waals surface area contributed by atoms with Gasteiger partial charge in [0.2, 0.25) is 11.8 Å². The third-order valence-corrected chi connectivity index (χ3v) is 5.90. The molecule has 36 heavy (non-hydrogen) atoms. The molecule has 184 valence electrons. The second-order valence-corrected chi connectivity index (χ2v) is 8.31. The van der Waals surface area contributed by atoms with Crippen LogP contribution in [0, 0.1) is 11.3 Å². The minimum atomic E-state index is -4.86. The van der Waals surface area contributed by atoms with Gasteiger partial charge in [-0.05, 0) is 12.1 Å². The molecule has 1 aromatic carbocycles. The van der Waals surface area contributed by atoms with E-state index in [0.29, 0.717) is 35.4 Å². The molecule has 1 atom stereocenters. The number of anilines is 1. The number of hydrogen-bond acceptors (Lipinski definition) is 8. The molecule has 0 bridgehead atoms. The molecule has 1 fully saturated rings. The van der Waals surface area contributed by atoms with Crippen molar-refractivity contribution in [1.29, 1.82) is 5.26 Å². The van der Waals surface area contributed by atoms with Gasteiger partial charge < -0.3 is 9.64 Å². The Hall–Kier alpha value is -4.31. The van der Waals surface area contributed by atoms with Gasteiger partial charge in [-0.2, -0.15) is 23.5 Å². The van der Waals surface area contributed by atoms with E-state index in [9.17, 15) is 18.0 Å². The quantitative estimate of drug-likeness (QED) is 0.425. The molecule has 0 aliphatic carbocycles. The van der Waals surface area contributed by atoms with Crippen molar-refractivity contribution in [2.24, 2.45) is 14.1 Å². The maximum Gasteiger partial charge on any atom is 0.449 e. The van der Waals surface area contributed by atoms with Crippen LogP contribution >= 0.6 is 0 Å². The highest BCUT2D eigenvalue weighted by Crippen LogP contribution is 2.32. The third-order valence-electron chi connectivity index (χ3n) is 5.90. The first kappa shape index (κ1) is 23.4. The number of aryl methyl sites for hydroxylation is 1. The average molecular weight is 496 g/mol. The summed E-state index contributed by atoms with van der Waals surface area (Å²) in [6, 6.07) is 8.13. The van der Waals surface area contributed by atoms with Crippen LogP contribution in [0.15, 0.2) is 41.5 Å². The largest absolute Gasteiger partial charge is 0.449 e. The van der Waals surface area contributed by atoms with Gasteiger partial charge in [-0.1, -0.05) is 12.1 Å². The highest BCUT2D eigenvalue weighted by Gasteiger charge is 2.37. The SMILES string of the molecule is Cn1cc([C@@H]2CN(c3nc(-c4ccc(C#N)cc4)c4nc(C(F)(F)F)n(C)c(=O)c4n3)CCO2)cn1. The van der Waals surface area contributed by atoms with Gasteiger partial charge in [-0.15, -0.1) is 0 Å². The van der Waals surface area contributed by atoms with Crippen molar-refractivity contribution >= 4 is 17.0 Å². The van der Waals surface area contributed by atoms with Crippen molar-refractivity contribution in [3.8, 4) is 17.3 Å². The Morgan fingerprint density at radius 3 is 2.50 bits per heavy atom. The average Bonchev–Trinajstić information content (AvgIpc) is 3.31. The molecule has 1 aliphatic rings. The molecule has 0 saturated carbocycles. The minimum absolute atomic E-state index is 0.0621. The van der Waals surface area contributed by atoms with Gasteiger partial charge in [0.15, 0.2) is 5.52 Å². The van der Waals surface area contributed by atoms with E-state index in [0.717, 1.165) is 12.6 Å². The van der Waals surface area contributed by atoms with Gasteiger partial charge in [-0.25, -0.2) is 15.0 Å². The first-order chi connectivity index (χ1) is 17.2. The van der Waals surface area contributed by atoms with E-state index in [1.807, 2.05) is 17.2 Å². The summed E-state index contributed by atoms with van der Waals surface area (Å²) in [6.07, 6.45) is -1.67. The molecule has 10 nitrogen and oxygen atoms in total. The van der Waals surface area contributed by atoms with Gasteiger partial charge in [0.05, 0.1) is 31.0 Å². The van der Waals surface area contributed by atoms with Gasteiger partial charge >= 0.3 is 6.18 Å². The van der Waals surface area contributed by atoms with Crippen LogP contribution in [0.2, 0.25) is 0 Å². The van der Waals surface area contributed by atoms with Gasteiger partial charge in [0.25, 0.3) is 5.56 Å². The number of morpholine rings is 1. The van der Waals surface area contributed by atoms with Crippen molar-refractivity contribution in [2.45, 2.75) is 12.3 Å². The fraction of sp³-hybridized carbons (Fsp3) is 0.304. The van der Waals surface area contributed by atoms with Crippen molar-refractivity contribution in [1.82, 2.24) is 29.3 Å². The number of nitriles is 1. The summed E-state index contributed by atoms with van der Waals surface area (Å²) in [6.45, 7) is 1.10. The van der Waals surface area contributed by atoms with Gasteiger partial charge in [-0.3, -0.25) is 14.0 Å². The number of hydrogen-bond donors (Lipinski definition) is 0. The summed E-state index contributed by atoms with van der Waals surface area (Å²) in [5, 5.41) is 13.3. The van der Waals surface area contributed by atoms with Crippen molar-refractivity contribution < 1.29 is 17.9 Å². The van der Waals surface area contributed by atoms with Crippen molar-refractivity contribution in [3.05, 3.63) is 64.0 Å². The fourth-order valence-corrected chi connectivity index (χ4v) is 4.07. The number of benzene rings is 1. The van der Waals surface area contributed by atoms with Crippen LogP contribution in [0.5, 0.6) is 0 Å². The van der Waals surface area contributed by atoms with Crippen LogP contribution in [-0.4, -0.2) is 49.0 Å². The molecule has 4 heterocycles. The molecule has 13 heteroatoms. The van der Waals surface area contributed by atoms with E-state index >= 15 is 0 Å². The van der Waals surface area contributed by atoms with Crippen LogP contribution in [0.1, 0.15) is 23.1 Å². The summed E-state index contributed by atoms with van der Waals surface area (Å²) in [4.78, 5) is 27.5. The zero-order valence-electron chi connectivity index (χ0n) is 19.2. The van der Waals surface area contributed by atoms with E-state index in [1.165, 1.54) is 12.1 Å². The number of halogens is 3. The summed E-state index contributed by atoms with van der Waals surface area (Å²) in [7, 11) is 2.80. The van der Waals surface area contributed by atoms with Crippen LogP contribution in [-0.2, 0) is 25.0 Å². The highest BCUT2D eigenvalue weighted by molar-refractivity contribution is 5.89. The van der Waals surface area contributed by atoms with Crippen LogP contribution < -0.4 is 10.5 Å². The number of nitrogens with zero attached hydrogens (tertiary/aromatic N) is 8. The van der Waals surface area contributed by atoms with E-state index in [2.05, 4.69) is 20.1 Å². The lowest BCUT2D eigenvalue weighted by Crippen LogP contribution is -2.39. The predicted octanol–water partition coefficient (Wildman–Crippen LogP) is 2.59. The minimum Gasteiger partial charge on any atom is -0.370 e. The number of alkyl halides is 3. The van der Waals surface area contributed by atoms with Crippen LogP contribution in [0.3, 0.4) is 0 Å². The monoisotopic (exact) mass is 496 g/mol. The molecule has 0 spiro atoms. The molecule has 3 aromatic heterocycles. The maximum absolute atomic E-state index is 13.6. The van der Waals surface area contributed by atoms with Crippen LogP contribution in [0.4, 0.5) is 19.1 Å². The molecule has 5 rings (SSSR count). The molecule has 1 aliphatic heterocycles. The molecule has 0 amide bonds. The lowest BCUT2D eigenvalue weighted by atomic mass is 10.1. The molecule has 1 saturated heterocycles. The molecule has 0 radical (unpaired) electrons. The fourth-order valence-electron chi connectivity index (χ4n) is 4.07. The summed E-state index contributed by atoms with van der Waals surface area (Å²) in [5.74, 6) is -1.19. The second kappa shape index (κ2) is 8.72. The number of aromatic nitrogens is 6. The predicted molar refractivity (Wildman–Crippen MR) is 122 cm³/mol.